The van der Waals surface area contributed by atoms with Gasteiger partial charge in [-0.2, -0.15) is 5.26 Å². The third kappa shape index (κ3) is 2.74. The predicted octanol–water partition coefficient (Wildman–Crippen LogP) is 1.15. The molecule has 22 heavy (non-hydrogen) atoms. The number of carbonyl (C=O) groups excluding carboxylic acids is 2. The molecule has 0 atom stereocenters. The molecule has 0 unspecified atom stereocenters. The van der Waals surface area contributed by atoms with Crippen molar-refractivity contribution < 1.29 is 14.3 Å². The van der Waals surface area contributed by atoms with Gasteiger partial charge in [0.15, 0.2) is 5.78 Å². The second-order valence-corrected chi connectivity index (χ2v) is 4.66. The van der Waals surface area contributed by atoms with Gasteiger partial charge in [0.05, 0.1) is 24.3 Å². The van der Waals surface area contributed by atoms with Crippen molar-refractivity contribution in [2.24, 2.45) is 0 Å². The standard InChI is InChI=1S/C14H15N5O3/c1-4-22-14(21)13-9(3)17-8(2)12(13)10(20)6-19-7-16-18-11(19)5-15/h7,17H,4,6H2,1-3H3. The molecule has 2 aromatic heterocycles. The molecule has 2 heterocycles. The fourth-order valence-electron chi connectivity index (χ4n) is 2.28. The maximum atomic E-state index is 12.5. The number of nitriles is 1. The van der Waals surface area contributed by atoms with Gasteiger partial charge in [0, 0.05) is 11.4 Å². The summed E-state index contributed by atoms with van der Waals surface area (Å²) in [5.41, 5.74) is 1.66. The maximum absolute atomic E-state index is 12.5. The van der Waals surface area contributed by atoms with Crippen LogP contribution in [0, 0.1) is 25.2 Å². The van der Waals surface area contributed by atoms with Crippen molar-refractivity contribution in [2.75, 3.05) is 6.61 Å². The fraction of sp³-hybridized carbons (Fsp3) is 0.357. The zero-order valence-electron chi connectivity index (χ0n) is 12.5. The second-order valence-electron chi connectivity index (χ2n) is 4.66. The van der Waals surface area contributed by atoms with E-state index in [1.165, 1.54) is 10.9 Å². The minimum atomic E-state index is -0.544. The zero-order chi connectivity index (χ0) is 16.3. The van der Waals surface area contributed by atoms with Gasteiger partial charge in [-0.05, 0) is 20.8 Å². The Bertz CT molecular complexity index is 766. The zero-order valence-corrected chi connectivity index (χ0v) is 12.5. The summed E-state index contributed by atoms with van der Waals surface area (Å²) < 4.78 is 6.33. The molecule has 0 amide bonds. The number of ketones is 1. The molecule has 8 nitrogen and oxygen atoms in total. The van der Waals surface area contributed by atoms with Gasteiger partial charge < -0.3 is 9.72 Å². The number of hydrogen-bond acceptors (Lipinski definition) is 6. The number of nitrogens with zero attached hydrogens (tertiary/aromatic N) is 4. The lowest BCUT2D eigenvalue weighted by molar-refractivity contribution is 0.0522. The second kappa shape index (κ2) is 6.22. The number of ether oxygens (including phenoxy) is 1. The van der Waals surface area contributed by atoms with E-state index in [9.17, 15) is 9.59 Å². The van der Waals surface area contributed by atoms with Gasteiger partial charge >= 0.3 is 5.97 Å². The first kappa shape index (κ1) is 15.4. The van der Waals surface area contributed by atoms with Crippen molar-refractivity contribution in [2.45, 2.75) is 27.3 Å². The van der Waals surface area contributed by atoms with Crippen molar-refractivity contribution in [3.63, 3.8) is 0 Å². The summed E-state index contributed by atoms with van der Waals surface area (Å²) in [5, 5.41) is 16.1. The van der Waals surface area contributed by atoms with Crippen LogP contribution in [0.25, 0.3) is 0 Å². The molecule has 8 heteroatoms. The quantitative estimate of drug-likeness (QED) is 0.654. The average Bonchev–Trinajstić information content (AvgIpc) is 3.02. The Morgan fingerprint density at radius 3 is 2.68 bits per heavy atom. The van der Waals surface area contributed by atoms with Gasteiger partial charge in [0.25, 0.3) is 0 Å². The van der Waals surface area contributed by atoms with E-state index >= 15 is 0 Å². The highest BCUT2D eigenvalue weighted by atomic mass is 16.5. The van der Waals surface area contributed by atoms with Gasteiger partial charge in [0.2, 0.25) is 5.82 Å². The average molecular weight is 301 g/mol. The number of nitrogens with one attached hydrogen (secondary N) is 1. The molecular weight excluding hydrogens is 286 g/mol. The Labute approximate surface area is 126 Å². The van der Waals surface area contributed by atoms with E-state index in [0.717, 1.165) is 0 Å². The molecule has 0 aliphatic heterocycles. The number of hydrogen-bond donors (Lipinski definition) is 1. The minimum Gasteiger partial charge on any atom is -0.462 e. The van der Waals surface area contributed by atoms with Crippen molar-refractivity contribution in [3.8, 4) is 6.07 Å². The van der Waals surface area contributed by atoms with Crippen LogP contribution in [-0.4, -0.2) is 38.1 Å². The first-order valence-corrected chi connectivity index (χ1v) is 6.67. The van der Waals surface area contributed by atoms with Gasteiger partial charge in [-0.1, -0.05) is 0 Å². The molecule has 0 aromatic carbocycles. The van der Waals surface area contributed by atoms with E-state index in [4.69, 9.17) is 10.00 Å². The SMILES string of the molecule is CCOC(=O)c1c(C)[nH]c(C)c1C(=O)Cn1cnnc1C#N. The molecule has 0 aliphatic rings. The molecule has 0 saturated heterocycles. The van der Waals surface area contributed by atoms with Crippen molar-refractivity contribution in [1.29, 1.82) is 5.26 Å². The number of rotatable bonds is 5. The normalized spacial score (nSPS) is 10.3. The Hall–Kier alpha value is -2.95. The molecule has 114 valence electrons. The summed E-state index contributed by atoms with van der Waals surface area (Å²) in [5.74, 6) is -0.825. The van der Waals surface area contributed by atoms with Crippen LogP contribution in [0.3, 0.4) is 0 Å². The Morgan fingerprint density at radius 2 is 2.05 bits per heavy atom. The van der Waals surface area contributed by atoms with Crippen LogP contribution in [0.15, 0.2) is 6.33 Å². The lowest BCUT2D eigenvalue weighted by Gasteiger charge is -2.06. The lowest BCUT2D eigenvalue weighted by atomic mass is 10.0. The van der Waals surface area contributed by atoms with Crippen molar-refractivity contribution in [1.82, 2.24) is 19.7 Å². The Balaban J connectivity index is 2.38. The smallest absolute Gasteiger partial charge is 0.340 e. The molecule has 2 aromatic rings. The van der Waals surface area contributed by atoms with E-state index in [0.29, 0.717) is 11.4 Å². The third-order valence-electron chi connectivity index (χ3n) is 3.16. The highest BCUT2D eigenvalue weighted by Crippen LogP contribution is 2.21. The first-order valence-electron chi connectivity index (χ1n) is 6.67. The van der Waals surface area contributed by atoms with E-state index in [-0.39, 0.29) is 35.9 Å². The van der Waals surface area contributed by atoms with Gasteiger partial charge in [-0.3, -0.25) is 9.36 Å². The van der Waals surface area contributed by atoms with Crippen LogP contribution in [-0.2, 0) is 11.3 Å². The summed E-state index contributed by atoms with van der Waals surface area (Å²) in [7, 11) is 0. The lowest BCUT2D eigenvalue weighted by Crippen LogP contribution is -2.16. The van der Waals surface area contributed by atoms with E-state index in [2.05, 4.69) is 15.2 Å². The molecule has 0 bridgehead atoms. The van der Waals surface area contributed by atoms with Crippen molar-refractivity contribution in [3.05, 3.63) is 34.7 Å². The summed E-state index contributed by atoms with van der Waals surface area (Å²) in [4.78, 5) is 27.6. The Morgan fingerprint density at radius 1 is 1.36 bits per heavy atom. The fourth-order valence-corrected chi connectivity index (χ4v) is 2.28. The molecule has 0 fully saturated rings. The van der Waals surface area contributed by atoms with Crippen LogP contribution in [0.2, 0.25) is 0 Å². The summed E-state index contributed by atoms with van der Waals surface area (Å²) in [6.45, 7) is 5.21. The summed E-state index contributed by atoms with van der Waals surface area (Å²) in [6, 6.07) is 1.85. The molecule has 0 spiro atoms. The number of esters is 1. The molecule has 1 N–H and O–H groups in total. The number of Topliss-reactive ketones (excluding diaryl/α,β-unsaturated/α-hetero) is 1. The summed E-state index contributed by atoms with van der Waals surface area (Å²) >= 11 is 0. The molecule has 0 radical (unpaired) electrons. The number of H-pyrrole nitrogens is 1. The van der Waals surface area contributed by atoms with Gasteiger partial charge in [0.1, 0.15) is 12.4 Å². The summed E-state index contributed by atoms with van der Waals surface area (Å²) in [6.07, 6.45) is 1.30. The van der Waals surface area contributed by atoms with Gasteiger partial charge in [-0.25, -0.2) is 4.79 Å². The first-order chi connectivity index (χ1) is 10.5. The van der Waals surface area contributed by atoms with E-state index < -0.39 is 5.97 Å². The predicted molar refractivity (Wildman–Crippen MR) is 75.3 cm³/mol. The highest BCUT2D eigenvalue weighted by molar-refractivity contribution is 6.08. The number of aromatic amines is 1. The number of aryl methyl sites for hydroxylation is 2. The molecule has 2 rings (SSSR count). The van der Waals surface area contributed by atoms with Crippen LogP contribution >= 0.6 is 0 Å². The van der Waals surface area contributed by atoms with E-state index in [1.54, 1.807) is 20.8 Å². The third-order valence-corrected chi connectivity index (χ3v) is 3.16. The van der Waals surface area contributed by atoms with Crippen molar-refractivity contribution >= 4 is 11.8 Å². The monoisotopic (exact) mass is 301 g/mol. The van der Waals surface area contributed by atoms with Crippen LogP contribution in [0.5, 0.6) is 0 Å². The van der Waals surface area contributed by atoms with Crippen LogP contribution in [0.4, 0.5) is 0 Å². The number of aromatic nitrogens is 4. The van der Waals surface area contributed by atoms with Crippen LogP contribution in [0.1, 0.15) is 44.9 Å². The molecule has 0 aliphatic carbocycles. The number of carbonyl (C=O) groups is 2. The Kier molecular flexibility index (Phi) is 4.36. The highest BCUT2D eigenvalue weighted by Gasteiger charge is 2.25. The maximum Gasteiger partial charge on any atom is 0.340 e. The minimum absolute atomic E-state index is 0.0379. The molecular formula is C14H15N5O3. The topological polar surface area (TPSA) is 114 Å². The van der Waals surface area contributed by atoms with Crippen LogP contribution < -0.4 is 0 Å². The molecule has 0 saturated carbocycles. The largest absolute Gasteiger partial charge is 0.462 e. The van der Waals surface area contributed by atoms with Gasteiger partial charge in [-0.15, -0.1) is 10.2 Å². The van der Waals surface area contributed by atoms with E-state index in [1.807, 2.05) is 6.07 Å².